The molecule has 1 heteroatoms. The SMILES string of the molecule is C=C/C=C\CB(CC(=C)C)C(C)C/C=C\C=C/CC. The van der Waals surface area contributed by atoms with Gasteiger partial charge in [-0.15, -0.1) is 6.58 Å². The lowest BCUT2D eigenvalue weighted by Gasteiger charge is -2.18. The molecule has 0 nitrogen and oxygen atoms in total. The van der Waals surface area contributed by atoms with E-state index in [1.165, 1.54) is 5.57 Å². The number of allylic oxidation sites excluding steroid dienone is 8. The molecule has 0 rings (SSSR count). The van der Waals surface area contributed by atoms with Crippen LogP contribution in [0.15, 0.2) is 61.3 Å². The second kappa shape index (κ2) is 11.8. The average Bonchev–Trinajstić information content (AvgIpc) is 2.37. The van der Waals surface area contributed by atoms with Crippen LogP contribution in [0, 0.1) is 0 Å². The second-order valence-corrected chi connectivity index (χ2v) is 5.30. The quantitative estimate of drug-likeness (QED) is 0.251. The third-order valence-corrected chi connectivity index (χ3v) is 3.25. The zero-order chi connectivity index (χ0) is 14.5. The first-order valence-electron chi connectivity index (χ1n) is 7.35. The van der Waals surface area contributed by atoms with Gasteiger partial charge < -0.3 is 0 Å². The average molecular weight is 256 g/mol. The normalized spacial score (nSPS) is 13.4. The van der Waals surface area contributed by atoms with Crippen molar-refractivity contribution in [1.29, 1.82) is 0 Å². The van der Waals surface area contributed by atoms with Gasteiger partial charge in [0.2, 0.25) is 0 Å². The van der Waals surface area contributed by atoms with Gasteiger partial charge in [-0.1, -0.05) is 87.0 Å². The van der Waals surface area contributed by atoms with E-state index in [4.69, 9.17) is 0 Å². The minimum absolute atomic E-state index is 0.675. The molecule has 0 spiro atoms. The molecule has 0 heterocycles. The van der Waals surface area contributed by atoms with Gasteiger partial charge in [0.15, 0.2) is 6.71 Å². The minimum Gasteiger partial charge on any atom is -0.101 e. The molecule has 0 aliphatic carbocycles. The van der Waals surface area contributed by atoms with Crippen molar-refractivity contribution in [3.8, 4) is 0 Å². The first-order valence-corrected chi connectivity index (χ1v) is 7.35. The first-order chi connectivity index (χ1) is 9.11. The van der Waals surface area contributed by atoms with Crippen molar-refractivity contribution in [3.63, 3.8) is 0 Å². The van der Waals surface area contributed by atoms with Gasteiger partial charge in [0, 0.05) is 0 Å². The number of hydrogen-bond donors (Lipinski definition) is 0. The molecule has 0 fully saturated rings. The Morgan fingerprint density at radius 3 is 2.42 bits per heavy atom. The molecule has 19 heavy (non-hydrogen) atoms. The Morgan fingerprint density at radius 1 is 1.16 bits per heavy atom. The molecular weight excluding hydrogens is 227 g/mol. The third-order valence-electron chi connectivity index (χ3n) is 3.25. The van der Waals surface area contributed by atoms with E-state index >= 15 is 0 Å². The molecule has 0 saturated carbocycles. The zero-order valence-corrected chi connectivity index (χ0v) is 12.9. The lowest BCUT2D eigenvalue weighted by Crippen LogP contribution is -2.17. The predicted molar refractivity (Wildman–Crippen MR) is 92.1 cm³/mol. The van der Waals surface area contributed by atoms with Crippen molar-refractivity contribution >= 4 is 6.71 Å². The van der Waals surface area contributed by atoms with E-state index < -0.39 is 0 Å². The summed E-state index contributed by atoms with van der Waals surface area (Å²) in [5.74, 6) is 0.678. The van der Waals surface area contributed by atoms with Crippen LogP contribution in [0.5, 0.6) is 0 Å². The maximum absolute atomic E-state index is 4.05. The fourth-order valence-corrected chi connectivity index (χ4v) is 2.09. The highest BCUT2D eigenvalue weighted by atomic mass is 14.0. The fraction of sp³-hybridized carbons (Fsp3) is 0.444. The van der Waals surface area contributed by atoms with Crippen molar-refractivity contribution in [2.24, 2.45) is 0 Å². The van der Waals surface area contributed by atoms with Crippen LogP contribution in [-0.4, -0.2) is 6.71 Å². The van der Waals surface area contributed by atoms with Crippen molar-refractivity contribution in [2.75, 3.05) is 0 Å². The lowest BCUT2D eigenvalue weighted by molar-refractivity contribution is 0.910. The van der Waals surface area contributed by atoms with E-state index in [0.29, 0.717) is 12.5 Å². The maximum atomic E-state index is 4.05. The van der Waals surface area contributed by atoms with Gasteiger partial charge in [-0.25, -0.2) is 0 Å². The molecule has 1 unspecified atom stereocenters. The van der Waals surface area contributed by atoms with E-state index in [-0.39, 0.29) is 0 Å². The third kappa shape index (κ3) is 10.4. The predicted octanol–water partition coefficient (Wildman–Crippen LogP) is 6.10. The fourth-order valence-electron chi connectivity index (χ4n) is 2.09. The van der Waals surface area contributed by atoms with Crippen molar-refractivity contribution in [1.82, 2.24) is 0 Å². The Balaban J connectivity index is 4.35. The molecule has 0 aromatic heterocycles. The monoisotopic (exact) mass is 256 g/mol. The summed E-state index contributed by atoms with van der Waals surface area (Å²) in [5, 5.41) is 0. The van der Waals surface area contributed by atoms with E-state index in [9.17, 15) is 0 Å². The topological polar surface area (TPSA) is 0 Å². The standard InChI is InChI=1S/C18H29B/c1-6-8-10-11-12-14-18(5)19(16-17(3)4)15-13-9-7-2/h7-13,18H,2-3,6,14-16H2,1,4-5H3/b10-8-,12-11-,13-9-. The van der Waals surface area contributed by atoms with Crippen molar-refractivity contribution in [2.45, 2.75) is 52.1 Å². The summed E-state index contributed by atoms with van der Waals surface area (Å²) in [4.78, 5) is 0. The Hall–Kier alpha value is -1.24. The van der Waals surface area contributed by atoms with Gasteiger partial charge in [-0.2, -0.15) is 0 Å². The highest BCUT2D eigenvalue weighted by Gasteiger charge is 2.18. The van der Waals surface area contributed by atoms with Crippen LogP contribution in [-0.2, 0) is 0 Å². The maximum Gasteiger partial charge on any atom is 0.151 e. The summed E-state index contributed by atoms with van der Waals surface area (Å²) in [6.07, 6.45) is 19.3. The van der Waals surface area contributed by atoms with Gasteiger partial charge in [-0.05, 0) is 19.8 Å². The molecule has 0 amide bonds. The molecule has 0 radical (unpaired) electrons. The Morgan fingerprint density at radius 2 is 1.84 bits per heavy atom. The van der Waals surface area contributed by atoms with Gasteiger partial charge in [0.05, 0.1) is 0 Å². The smallest absolute Gasteiger partial charge is 0.101 e. The van der Waals surface area contributed by atoms with Crippen molar-refractivity contribution < 1.29 is 0 Å². The molecule has 104 valence electrons. The molecule has 0 N–H and O–H groups in total. The van der Waals surface area contributed by atoms with E-state index in [2.05, 4.69) is 64.3 Å². The highest BCUT2D eigenvalue weighted by Crippen LogP contribution is 2.24. The van der Waals surface area contributed by atoms with E-state index in [1.54, 1.807) is 0 Å². The molecule has 1 atom stereocenters. The van der Waals surface area contributed by atoms with E-state index in [1.807, 2.05) is 12.2 Å². The van der Waals surface area contributed by atoms with Crippen LogP contribution in [0.2, 0.25) is 18.5 Å². The molecule has 0 aromatic carbocycles. The van der Waals surface area contributed by atoms with Gasteiger partial charge >= 0.3 is 0 Å². The minimum atomic E-state index is 0.675. The van der Waals surface area contributed by atoms with Crippen LogP contribution in [0.25, 0.3) is 0 Å². The van der Waals surface area contributed by atoms with Gasteiger partial charge in [-0.3, -0.25) is 0 Å². The molecule has 0 aromatic rings. The molecule has 0 saturated heterocycles. The van der Waals surface area contributed by atoms with Crippen LogP contribution < -0.4 is 0 Å². The van der Waals surface area contributed by atoms with Gasteiger partial charge in [0.25, 0.3) is 0 Å². The Bertz CT molecular complexity index is 334. The van der Waals surface area contributed by atoms with Crippen LogP contribution >= 0.6 is 0 Å². The van der Waals surface area contributed by atoms with E-state index in [0.717, 1.165) is 25.5 Å². The van der Waals surface area contributed by atoms with Crippen LogP contribution in [0.3, 0.4) is 0 Å². The Kier molecular flexibility index (Phi) is 11.1. The molecular formula is C18H29B. The number of rotatable bonds is 10. The lowest BCUT2D eigenvalue weighted by atomic mass is 9.36. The Labute approximate surface area is 120 Å². The largest absolute Gasteiger partial charge is 0.151 e. The summed E-state index contributed by atoms with van der Waals surface area (Å²) in [6, 6.07) is 0. The summed E-state index contributed by atoms with van der Waals surface area (Å²) in [7, 11) is 0. The molecule has 0 aliphatic heterocycles. The number of hydrogen-bond acceptors (Lipinski definition) is 0. The first kappa shape index (κ1) is 17.8. The highest BCUT2D eigenvalue weighted by molar-refractivity contribution is 6.61. The van der Waals surface area contributed by atoms with Crippen LogP contribution in [0.4, 0.5) is 0 Å². The summed E-state index contributed by atoms with van der Waals surface area (Å²) < 4.78 is 0. The van der Waals surface area contributed by atoms with Crippen molar-refractivity contribution in [3.05, 3.63) is 61.3 Å². The van der Waals surface area contributed by atoms with Gasteiger partial charge in [0.1, 0.15) is 0 Å². The molecule has 0 bridgehead atoms. The second-order valence-electron chi connectivity index (χ2n) is 5.30. The molecule has 0 aliphatic rings. The van der Waals surface area contributed by atoms with Crippen LogP contribution in [0.1, 0.15) is 33.6 Å². The summed E-state index contributed by atoms with van der Waals surface area (Å²) >= 11 is 0. The summed E-state index contributed by atoms with van der Waals surface area (Å²) in [6.45, 7) is 15.1. The zero-order valence-electron chi connectivity index (χ0n) is 12.9. The summed E-state index contributed by atoms with van der Waals surface area (Å²) in [5.41, 5.74) is 1.28.